The molecule has 3 aromatic heterocycles. The molecule has 3 heterocycles. The predicted molar refractivity (Wildman–Crippen MR) is 168 cm³/mol. The average molecular weight is 508 g/mol. The molecule has 0 atom stereocenters. The monoisotopic (exact) mass is 507 g/mol. The fraction of sp³-hybridized carbons (Fsp3) is 0. The Hall–Kier alpha value is -5.41. The van der Waals surface area contributed by atoms with Crippen LogP contribution in [0.5, 0.6) is 0 Å². The fourth-order valence-electron chi connectivity index (χ4n) is 6.95. The topological polar surface area (TPSA) is 21.7 Å². The predicted octanol–water partition coefficient (Wildman–Crippen LogP) is 9.61. The van der Waals surface area contributed by atoms with Crippen LogP contribution in [0, 0.1) is 0 Å². The van der Waals surface area contributed by atoms with E-state index in [1.807, 2.05) is 0 Å². The van der Waals surface area contributed by atoms with Gasteiger partial charge in [-0.1, -0.05) is 84.9 Å². The van der Waals surface area contributed by atoms with Crippen LogP contribution in [0.3, 0.4) is 0 Å². The van der Waals surface area contributed by atoms with Crippen molar-refractivity contribution in [3.63, 3.8) is 0 Å². The van der Waals surface area contributed by atoms with Crippen LogP contribution >= 0.6 is 0 Å². The van der Waals surface area contributed by atoms with Gasteiger partial charge in [-0.05, 0) is 85.9 Å². The van der Waals surface area contributed by atoms with E-state index in [4.69, 9.17) is 4.98 Å². The minimum atomic E-state index is 0.966. The number of hydrogen-bond acceptors (Lipinski definition) is 1. The van der Waals surface area contributed by atoms with E-state index in [-0.39, 0.29) is 0 Å². The lowest BCUT2D eigenvalue weighted by Gasteiger charge is -2.08. The van der Waals surface area contributed by atoms with Crippen LogP contribution in [0.2, 0.25) is 0 Å². The highest BCUT2D eigenvalue weighted by molar-refractivity contribution is 6.20. The highest BCUT2D eigenvalue weighted by Crippen LogP contribution is 2.41. The van der Waals surface area contributed by atoms with Gasteiger partial charge in [-0.3, -0.25) is 8.80 Å². The summed E-state index contributed by atoms with van der Waals surface area (Å²) in [6.45, 7) is 0. The SMILES string of the molecule is c1ccc2cc3c(cc2c1)c1cc(-c2ccc4c(ccc5ccccc54)c2)cc2c1n3c1nc3ccccc3n21. The van der Waals surface area contributed by atoms with Gasteiger partial charge >= 0.3 is 0 Å². The van der Waals surface area contributed by atoms with Crippen molar-refractivity contribution in [1.29, 1.82) is 0 Å². The van der Waals surface area contributed by atoms with Gasteiger partial charge in [-0.25, -0.2) is 4.98 Å². The van der Waals surface area contributed by atoms with E-state index in [2.05, 4.69) is 136 Å². The number of imidazole rings is 2. The average Bonchev–Trinajstić information content (AvgIpc) is 3.65. The second kappa shape index (κ2) is 7.16. The summed E-state index contributed by atoms with van der Waals surface area (Å²) in [6.07, 6.45) is 0. The molecule has 40 heavy (non-hydrogen) atoms. The van der Waals surface area contributed by atoms with Gasteiger partial charge in [-0.2, -0.15) is 0 Å². The third-order valence-electron chi connectivity index (χ3n) is 8.77. The Bertz CT molecular complexity index is 2650. The molecule has 0 saturated heterocycles. The van der Waals surface area contributed by atoms with E-state index >= 15 is 0 Å². The number of nitrogens with zero attached hydrogens (tertiary/aromatic N) is 3. The Balaban J connectivity index is 1.36. The highest BCUT2D eigenvalue weighted by Gasteiger charge is 2.22. The van der Waals surface area contributed by atoms with Crippen molar-refractivity contribution in [3.05, 3.63) is 127 Å². The number of fused-ring (bicyclic) bond motifs is 12. The third-order valence-corrected chi connectivity index (χ3v) is 8.77. The molecule has 3 heteroatoms. The molecule has 7 aromatic carbocycles. The molecule has 0 N–H and O–H groups in total. The van der Waals surface area contributed by atoms with Crippen LogP contribution in [0.4, 0.5) is 0 Å². The summed E-state index contributed by atoms with van der Waals surface area (Å²) in [6, 6.07) is 46.5. The summed E-state index contributed by atoms with van der Waals surface area (Å²) in [4.78, 5) is 5.13. The van der Waals surface area contributed by atoms with Crippen molar-refractivity contribution < 1.29 is 0 Å². The molecule has 0 fully saturated rings. The summed E-state index contributed by atoms with van der Waals surface area (Å²) in [5.74, 6) is 0.966. The Morgan fingerprint density at radius 2 is 1.15 bits per heavy atom. The van der Waals surface area contributed by atoms with Crippen LogP contribution < -0.4 is 0 Å². The summed E-state index contributed by atoms with van der Waals surface area (Å²) in [5, 5.41) is 10.2. The first-order valence-corrected chi connectivity index (χ1v) is 13.7. The summed E-state index contributed by atoms with van der Waals surface area (Å²) in [7, 11) is 0. The first-order chi connectivity index (χ1) is 19.8. The lowest BCUT2D eigenvalue weighted by molar-refractivity contribution is 1.22. The Kier molecular flexibility index (Phi) is 3.68. The molecule has 0 bridgehead atoms. The molecule has 0 spiro atoms. The van der Waals surface area contributed by atoms with Crippen LogP contribution in [0.15, 0.2) is 127 Å². The molecule has 0 aliphatic carbocycles. The molecular formula is C37H21N3. The quantitative estimate of drug-likeness (QED) is 0.203. The standard InChI is InChI=1S/C37H21N3/c1-2-9-24-20-34-30(18-23(24)8-1)31-19-27(25-15-16-29-26(17-25)14-13-22-7-3-4-10-28(22)29)21-35-36(31)40(34)37-38-32-11-5-6-12-33(32)39(35)37/h1-21H. The molecule has 0 aliphatic heterocycles. The van der Waals surface area contributed by atoms with Crippen molar-refractivity contribution in [3.8, 4) is 11.1 Å². The number of hydrogen-bond donors (Lipinski definition) is 0. The van der Waals surface area contributed by atoms with Crippen molar-refractivity contribution in [2.75, 3.05) is 0 Å². The number of aromatic nitrogens is 3. The van der Waals surface area contributed by atoms with Crippen LogP contribution in [-0.4, -0.2) is 13.8 Å². The van der Waals surface area contributed by atoms with E-state index < -0.39 is 0 Å². The fourth-order valence-corrected chi connectivity index (χ4v) is 6.95. The van der Waals surface area contributed by atoms with Crippen LogP contribution in [0.1, 0.15) is 0 Å². The van der Waals surface area contributed by atoms with Gasteiger partial charge in [0.05, 0.1) is 27.6 Å². The molecule has 0 aliphatic rings. The third kappa shape index (κ3) is 2.52. The maximum atomic E-state index is 5.13. The lowest BCUT2D eigenvalue weighted by Crippen LogP contribution is -1.86. The second-order valence-electron chi connectivity index (χ2n) is 10.9. The Morgan fingerprint density at radius 1 is 0.400 bits per heavy atom. The molecule has 10 aromatic rings. The molecular weight excluding hydrogens is 486 g/mol. The molecule has 0 unspecified atom stereocenters. The van der Waals surface area contributed by atoms with Gasteiger partial charge < -0.3 is 0 Å². The van der Waals surface area contributed by atoms with E-state index in [1.54, 1.807) is 0 Å². The molecule has 3 nitrogen and oxygen atoms in total. The number of rotatable bonds is 1. The number of benzene rings is 7. The van der Waals surface area contributed by atoms with Gasteiger partial charge in [0, 0.05) is 10.8 Å². The van der Waals surface area contributed by atoms with Crippen LogP contribution in [-0.2, 0) is 0 Å². The van der Waals surface area contributed by atoms with Gasteiger partial charge in [0.15, 0.2) is 0 Å². The maximum Gasteiger partial charge on any atom is 0.220 e. The van der Waals surface area contributed by atoms with E-state index in [0.717, 1.165) is 16.8 Å². The normalized spacial score (nSPS) is 12.5. The zero-order chi connectivity index (χ0) is 25.9. The van der Waals surface area contributed by atoms with Gasteiger partial charge in [-0.15, -0.1) is 0 Å². The first kappa shape index (κ1) is 20.5. The smallest absolute Gasteiger partial charge is 0.220 e. The van der Waals surface area contributed by atoms with Crippen molar-refractivity contribution in [2.24, 2.45) is 0 Å². The largest absolute Gasteiger partial charge is 0.277 e. The van der Waals surface area contributed by atoms with Gasteiger partial charge in [0.25, 0.3) is 0 Å². The molecule has 0 amide bonds. The number of para-hydroxylation sites is 2. The minimum Gasteiger partial charge on any atom is -0.277 e. The maximum absolute atomic E-state index is 5.13. The van der Waals surface area contributed by atoms with E-state index in [0.29, 0.717) is 0 Å². The highest BCUT2D eigenvalue weighted by atomic mass is 15.2. The Labute approximate surface area is 228 Å². The second-order valence-corrected chi connectivity index (χ2v) is 10.9. The van der Waals surface area contributed by atoms with E-state index in [9.17, 15) is 0 Å². The minimum absolute atomic E-state index is 0.966. The van der Waals surface area contributed by atoms with E-state index in [1.165, 1.54) is 70.8 Å². The first-order valence-electron chi connectivity index (χ1n) is 13.7. The zero-order valence-corrected chi connectivity index (χ0v) is 21.5. The molecule has 0 radical (unpaired) electrons. The van der Waals surface area contributed by atoms with Crippen molar-refractivity contribution >= 4 is 76.5 Å². The van der Waals surface area contributed by atoms with Gasteiger partial charge in [0.1, 0.15) is 0 Å². The Morgan fingerprint density at radius 3 is 2.08 bits per heavy atom. The van der Waals surface area contributed by atoms with Gasteiger partial charge in [0.2, 0.25) is 5.78 Å². The summed E-state index contributed by atoms with van der Waals surface area (Å²) in [5.41, 5.74) is 8.21. The molecule has 10 rings (SSSR count). The van der Waals surface area contributed by atoms with Crippen molar-refractivity contribution in [1.82, 2.24) is 13.8 Å². The lowest BCUT2D eigenvalue weighted by atomic mass is 9.96. The molecule has 184 valence electrons. The summed E-state index contributed by atoms with van der Waals surface area (Å²) < 4.78 is 4.70. The zero-order valence-electron chi connectivity index (χ0n) is 21.5. The van der Waals surface area contributed by atoms with Crippen LogP contribution in [0.25, 0.3) is 87.6 Å². The van der Waals surface area contributed by atoms with Crippen molar-refractivity contribution in [2.45, 2.75) is 0 Å². The summed E-state index contributed by atoms with van der Waals surface area (Å²) >= 11 is 0. The molecule has 0 saturated carbocycles.